The molecule has 1 aromatic heterocycles. The molecule has 0 saturated carbocycles. The van der Waals surface area contributed by atoms with Gasteiger partial charge in [-0.15, -0.1) is 0 Å². The lowest BCUT2D eigenvalue weighted by Gasteiger charge is -2.13. The molecule has 0 bridgehead atoms. The maximum absolute atomic E-state index is 13.2. The van der Waals surface area contributed by atoms with Crippen LogP contribution in [0, 0.1) is 5.82 Å². The number of carbonyl (C=O) groups is 2. The Morgan fingerprint density at radius 3 is 2.32 bits per heavy atom. The van der Waals surface area contributed by atoms with Crippen molar-refractivity contribution in [3.05, 3.63) is 87.5 Å². The van der Waals surface area contributed by atoms with Crippen LogP contribution in [-0.2, 0) is 23.9 Å². The highest BCUT2D eigenvalue weighted by molar-refractivity contribution is 9.10. The molecule has 31 heavy (non-hydrogen) atoms. The fraction of sp³-hybridized carbons (Fsp3) is 0.143. The SMILES string of the molecule is O=C(Cc1ccc(NC(=O)c2ccc(Br)o2)cc1)NCc1ccc(F)cc1C(F)(F)F. The molecule has 3 rings (SSSR count). The molecule has 2 aromatic carbocycles. The normalized spacial score (nSPS) is 11.3. The molecule has 0 spiro atoms. The highest BCUT2D eigenvalue weighted by atomic mass is 79.9. The van der Waals surface area contributed by atoms with E-state index in [1.165, 1.54) is 6.07 Å². The van der Waals surface area contributed by atoms with Gasteiger partial charge in [0.1, 0.15) is 5.82 Å². The molecule has 0 fully saturated rings. The standard InChI is InChI=1S/C21H15BrF4N2O3/c22-18-8-7-17(31-18)20(30)28-15-5-1-12(2-6-15)9-19(29)27-11-13-3-4-14(23)10-16(13)21(24,25)26/h1-8,10H,9,11H2,(H,27,29)(H,28,30). The largest absolute Gasteiger partial charge is 0.444 e. The van der Waals surface area contributed by atoms with E-state index in [0.717, 1.165) is 12.1 Å². The summed E-state index contributed by atoms with van der Waals surface area (Å²) in [5, 5.41) is 5.03. The number of furan rings is 1. The molecular formula is C21H15BrF4N2O3. The van der Waals surface area contributed by atoms with Crippen molar-refractivity contribution in [1.29, 1.82) is 0 Å². The lowest BCUT2D eigenvalue weighted by molar-refractivity contribution is -0.138. The summed E-state index contributed by atoms with van der Waals surface area (Å²) in [6.07, 6.45) is -4.81. The van der Waals surface area contributed by atoms with Crippen LogP contribution in [0.25, 0.3) is 0 Å². The second kappa shape index (κ2) is 9.34. The van der Waals surface area contributed by atoms with Crippen molar-refractivity contribution < 1.29 is 31.6 Å². The predicted octanol–water partition coefficient (Wildman–Crippen LogP) is 5.31. The molecule has 0 aliphatic carbocycles. The number of amides is 2. The van der Waals surface area contributed by atoms with Gasteiger partial charge in [-0.2, -0.15) is 13.2 Å². The molecule has 0 aliphatic heterocycles. The summed E-state index contributed by atoms with van der Waals surface area (Å²) in [7, 11) is 0. The van der Waals surface area contributed by atoms with Gasteiger partial charge in [0.05, 0.1) is 12.0 Å². The van der Waals surface area contributed by atoms with Crippen LogP contribution in [0.4, 0.5) is 23.2 Å². The van der Waals surface area contributed by atoms with Gasteiger partial charge in [-0.25, -0.2) is 4.39 Å². The fourth-order valence-electron chi connectivity index (χ4n) is 2.74. The first-order valence-electron chi connectivity index (χ1n) is 8.90. The minimum absolute atomic E-state index is 0.0814. The molecule has 3 aromatic rings. The van der Waals surface area contributed by atoms with Gasteiger partial charge >= 0.3 is 6.18 Å². The third-order valence-electron chi connectivity index (χ3n) is 4.23. The summed E-state index contributed by atoms with van der Waals surface area (Å²) < 4.78 is 57.8. The van der Waals surface area contributed by atoms with Crippen LogP contribution in [0.15, 0.2) is 63.7 Å². The molecule has 2 N–H and O–H groups in total. The number of halogens is 5. The number of hydrogen-bond donors (Lipinski definition) is 2. The molecule has 5 nitrogen and oxygen atoms in total. The van der Waals surface area contributed by atoms with E-state index in [4.69, 9.17) is 4.42 Å². The molecule has 2 amide bonds. The highest BCUT2D eigenvalue weighted by Crippen LogP contribution is 2.32. The second-order valence-corrected chi connectivity index (χ2v) is 7.29. The van der Waals surface area contributed by atoms with E-state index in [1.54, 1.807) is 30.3 Å². The van der Waals surface area contributed by atoms with Crippen molar-refractivity contribution in [3.63, 3.8) is 0 Å². The summed E-state index contributed by atoms with van der Waals surface area (Å²) in [5.74, 6) is -1.84. The molecule has 0 unspecified atom stereocenters. The van der Waals surface area contributed by atoms with Crippen LogP contribution in [0.1, 0.15) is 27.2 Å². The molecule has 0 atom stereocenters. The van der Waals surface area contributed by atoms with Gasteiger partial charge in [0.2, 0.25) is 5.91 Å². The second-order valence-electron chi connectivity index (χ2n) is 6.51. The van der Waals surface area contributed by atoms with E-state index >= 15 is 0 Å². The Kier molecular flexibility index (Phi) is 6.79. The zero-order valence-electron chi connectivity index (χ0n) is 15.7. The Balaban J connectivity index is 1.56. The fourth-order valence-corrected chi connectivity index (χ4v) is 3.05. The Hall–Kier alpha value is -3.14. The number of carbonyl (C=O) groups excluding carboxylic acids is 2. The van der Waals surface area contributed by atoms with E-state index < -0.39 is 29.4 Å². The van der Waals surface area contributed by atoms with Gasteiger partial charge in [-0.1, -0.05) is 18.2 Å². The van der Waals surface area contributed by atoms with Crippen LogP contribution >= 0.6 is 15.9 Å². The number of benzene rings is 2. The predicted molar refractivity (Wildman–Crippen MR) is 108 cm³/mol. The van der Waals surface area contributed by atoms with Crippen LogP contribution < -0.4 is 10.6 Å². The third-order valence-corrected chi connectivity index (χ3v) is 4.65. The summed E-state index contributed by atoms with van der Waals surface area (Å²) in [5.41, 5.74) is -0.296. The van der Waals surface area contributed by atoms with Crippen LogP contribution in [-0.4, -0.2) is 11.8 Å². The summed E-state index contributed by atoms with van der Waals surface area (Å²) in [4.78, 5) is 24.1. The van der Waals surface area contributed by atoms with Crippen molar-refractivity contribution in [2.45, 2.75) is 19.1 Å². The number of alkyl halides is 3. The Labute approximate surface area is 182 Å². The first kappa shape index (κ1) is 22.5. The maximum Gasteiger partial charge on any atom is 0.416 e. The number of anilines is 1. The average molecular weight is 499 g/mol. The minimum atomic E-state index is -4.73. The van der Waals surface area contributed by atoms with Gasteiger partial charge in [0.15, 0.2) is 10.4 Å². The molecule has 10 heteroatoms. The number of rotatable bonds is 6. The van der Waals surface area contributed by atoms with Gasteiger partial charge in [0, 0.05) is 12.2 Å². The summed E-state index contributed by atoms with van der Waals surface area (Å²) >= 11 is 3.11. The van der Waals surface area contributed by atoms with Crippen LogP contribution in [0.5, 0.6) is 0 Å². The van der Waals surface area contributed by atoms with Gasteiger partial charge in [-0.3, -0.25) is 9.59 Å². The van der Waals surface area contributed by atoms with Crippen LogP contribution in [0.2, 0.25) is 0 Å². The van der Waals surface area contributed by atoms with Crippen molar-refractivity contribution in [1.82, 2.24) is 5.32 Å². The number of hydrogen-bond acceptors (Lipinski definition) is 3. The lowest BCUT2D eigenvalue weighted by Crippen LogP contribution is -2.26. The van der Waals surface area contributed by atoms with Crippen molar-refractivity contribution >= 4 is 33.4 Å². The molecule has 0 radical (unpaired) electrons. The van der Waals surface area contributed by atoms with E-state index in [9.17, 15) is 27.2 Å². The Morgan fingerprint density at radius 2 is 1.71 bits per heavy atom. The maximum atomic E-state index is 13.2. The lowest BCUT2D eigenvalue weighted by atomic mass is 10.1. The van der Waals surface area contributed by atoms with Crippen molar-refractivity contribution in [2.24, 2.45) is 0 Å². The first-order chi connectivity index (χ1) is 14.6. The first-order valence-corrected chi connectivity index (χ1v) is 9.69. The molecule has 1 heterocycles. The van der Waals surface area contributed by atoms with Gasteiger partial charge < -0.3 is 15.1 Å². The molecule has 0 saturated heterocycles. The van der Waals surface area contributed by atoms with Crippen molar-refractivity contribution in [2.75, 3.05) is 5.32 Å². The van der Waals surface area contributed by atoms with Crippen LogP contribution in [0.3, 0.4) is 0 Å². The van der Waals surface area contributed by atoms with Gasteiger partial charge in [-0.05, 0) is 63.5 Å². The van der Waals surface area contributed by atoms with E-state index in [0.29, 0.717) is 22.0 Å². The van der Waals surface area contributed by atoms with E-state index in [1.807, 2.05) is 0 Å². The van der Waals surface area contributed by atoms with Gasteiger partial charge in [0.25, 0.3) is 5.91 Å². The topological polar surface area (TPSA) is 71.3 Å². The quantitative estimate of drug-likeness (QED) is 0.452. The zero-order chi connectivity index (χ0) is 22.6. The van der Waals surface area contributed by atoms with E-state index in [2.05, 4.69) is 26.6 Å². The summed E-state index contributed by atoms with van der Waals surface area (Å²) in [6.45, 7) is -0.388. The summed E-state index contributed by atoms with van der Waals surface area (Å²) in [6, 6.07) is 11.8. The monoisotopic (exact) mass is 498 g/mol. The Bertz CT molecular complexity index is 1090. The van der Waals surface area contributed by atoms with Crippen molar-refractivity contribution in [3.8, 4) is 0 Å². The smallest absolute Gasteiger partial charge is 0.416 e. The Morgan fingerprint density at radius 1 is 1.00 bits per heavy atom. The average Bonchev–Trinajstić information content (AvgIpc) is 3.14. The minimum Gasteiger partial charge on any atom is -0.444 e. The van der Waals surface area contributed by atoms with E-state index in [-0.39, 0.29) is 24.3 Å². The molecular weight excluding hydrogens is 484 g/mol. The third kappa shape index (κ3) is 6.17. The number of nitrogens with one attached hydrogen (secondary N) is 2. The highest BCUT2D eigenvalue weighted by Gasteiger charge is 2.33. The molecule has 0 aliphatic rings. The zero-order valence-corrected chi connectivity index (χ0v) is 17.3. The molecule has 162 valence electrons.